The van der Waals surface area contributed by atoms with Crippen LogP contribution in [0.15, 0.2) is 18.2 Å². The monoisotopic (exact) mass is 331 g/mol. The Bertz CT molecular complexity index is 593. The number of rotatable bonds is 1. The molecule has 2 rings (SSSR count). The summed E-state index contributed by atoms with van der Waals surface area (Å²) in [6.07, 6.45) is -4.95. The second-order valence-electron chi connectivity index (χ2n) is 6.53. The van der Waals surface area contributed by atoms with Crippen LogP contribution in [-0.4, -0.2) is 30.2 Å². The molecule has 1 heterocycles. The van der Waals surface area contributed by atoms with E-state index in [-0.39, 0.29) is 13.2 Å². The summed E-state index contributed by atoms with van der Waals surface area (Å²) in [4.78, 5) is 13.5. The van der Waals surface area contributed by atoms with E-state index in [2.05, 4.69) is 0 Å². The minimum Gasteiger partial charge on any atom is -0.444 e. The van der Waals surface area contributed by atoms with E-state index in [1.807, 2.05) is 0 Å². The van der Waals surface area contributed by atoms with Crippen LogP contribution in [0.25, 0.3) is 0 Å². The van der Waals surface area contributed by atoms with Crippen molar-refractivity contribution in [1.29, 1.82) is 0 Å². The van der Waals surface area contributed by atoms with Gasteiger partial charge in [0, 0.05) is 7.05 Å². The van der Waals surface area contributed by atoms with Gasteiger partial charge in [0.1, 0.15) is 5.60 Å². The van der Waals surface area contributed by atoms with Gasteiger partial charge in [-0.15, -0.1) is 0 Å². The Morgan fingerprint density at radius 1 is 1.30 bits per heavy atom. The molecule has 0 aliphatic carbocycles. The molecule has 1 atom stereocenters. The average molecular weight is 331 g/mol. The van der Waals surface area contributed by atoms with E-state index in [0.717, 1.165) is 12.1 Å². The number of likely N-dealkylation sites (N-methyl/N-ethyl adjacent to an activating group) is 1. The van der Waals surface area contributed by atoms with Crippen molar-refractivity contribution < 1.29 is 27.4 Å². The Kier molecular flexibility index (Phi) is 4.61. The van der Waals surface area contributed by atoms with Crippen molar-refractivity contribution in [2.24, 2.45) is 0 Å². The van der Waals surface area contributed by atoms with Gasteiger partial charge in [0.05, 0.1) is 24.8 Å². The molecule has 0 aromatic heterocycles. The second kappa shape index (κ2) is 6.03. The first-order valence-corrected chi connectivity index (χ1v) is 7.22. The fourth-order valence-corrected chi connectivity index (χ4v) is 2.38. The van der Waals surface area contributed by atoms with Crippen molar-refractivity contribution in [1.82, 2.24) is 4.90 Å². The van der Waals surface area contributed by atoms with Gasteiger partial charge < -0.3 is 14.4 Å². The molecule has 0 saturated heterocycles. The summed E-state index contributed by atoms with van der Waals surface area (Å²) in [6.45, 7) is 5.56. The number of alkyl halides is 3. The van der Waals surface area contributed by atoms with Crippen LogP contribution >= 0.6 is 0 Å². The van der Waals surface area contributed by atoms with Gasteiger partial charge in [-0.1, -0.05) is 6.07 Å². The number of hydrogen-bond donors (Lipinski definition) is 0. The van der Waals surface area contributed by atoms with Crippen molar-refractivity contribution in [2.75, 3.05) is 13.7 Å². The van der Waals surface area contributed by atoms with E-state index in [0.29, 0.717) is 11.1 Å². The van der Waals surface area contributed by atoms with E-state index >= 15 is 0 Å². The topological polar surface area (TPSA) is 38.8 Å². The Hall–Kier alpha value is -1.76. The van der Waals surface area contributed by atoms with Gasteiger partial charge in [-0.3, -0.25) is 0 Å². The average Bonchev–Trinajstić information content (AvgIpc) is 2.42. The number of benzene rings is 1. The van der Waals surface area contributed by atoms with Crippen molar-refractivity contribution in [3.05, 3.63) is 34.9 Å². The van der Waals surface area contributed by atoms with Crippen LogP contribution in [0.5, 0.6) is 0 Å². The lowest BCUT2D eigenvalue weighted by Crippen LogP contribution is -2.39. The van der Waals surface area contributed by atoms with Crippen LogP contribution in [0.2, 0.25) is 0 Å². The molecule has 0 unspecified atom stereocenters. The maximum atomic E-state index is 12.8. The molecular weight excluding hydrogens is 311 g/mol. The molecular formula is C16H20F3NO3. The second-order valence-corrected chi connectivity index (χ2v) is 6.53. The third kappa shape index (κ3) is 4.16. The lowest BCUT2D eigenvalue weighted by atomic mass is 9.96. The molecule has 4 nitrogen and oxygen atoms in total. The molecule has 1 aromatic rings. The first-order valence-electron chi connectivity index (χ1n) is 7.22. The number of carbonyl (C=O) groups excluding carboxylic acids is 1. The van der Waals surface area contributed by atoms with Crippen LogP contribution in [0.3, 0.4) is 0 Å². The Morgan fingerprint density at radius 2 is 1.96 bits per heavy atom. The molecule has 1 aromatic carbocycles. The van der Waals surface area contributed by atoms with Crippen LogP contribution < -0.4 is 0 Å². The molecule has 0 bridgehead atoms. The Labute approximate surface area is 133 Å². The van der Waals surface area contributed by atoms with Crippen molar-refractivity contribution >= 4 is 6.09 Å². The van der Waals surface area contributed by atoms with Gasteiger partial charge in [-0.05, 0) is 44.0 Å². The minimum absolute atomic E-state index is 0.0952. The zero-order chi connectivity index (χ0) is 17.4. The molecule has 128 valence electrons. The van der Waals surface area contributed by atoms with E-state index in [1.165, 1.54) is 11.0 Å². The molecule has 1 amide bonds. The number of amides is 1. The van der Waals surface area contributed by atoms with Crippen molar-refractivity contribution in [3.63, 3.8) is 0 Å². The zero-order valence-electron chi connectivity index (χ0n) is 13.5. The number of fused-ring (bicyclic) bond motifs is 1. The van der Waals surface area contributed by atoms with Crippen LogP contribution in [0, 0.1) is 0 Å². The highest BCUT2D eigenvalue weighted by Gasteiger charge is 2.34. The summed E-state index contributed by atoms with van der Waals surface area (Å²) in [7, 11) is 1.55. The number of hydrogen-bond acceptors (Lipinski definition) is 3. The van der Waals surface area contributed by atoms with Gasteiger partial charge in [-0.2, -0.15) is 13.2 Å². The first kappa shape index (κ1) is 17.6. The Morgan fingerprint density at radius 3 is 2.52 bits per heavy atom. The number of carbonyl (C=O) groups is 1. The Balaban J connectivity index is 2.26. The minimum atomic E-state index is -4.40. The molecule has 1 aliphatic heterocycles. The highest BCUT2D eigenvalue weighted by atomic mass is 19.4. The fraction of sp³-hybridized carbons (Fsp3) is 0.562. The van der Waals surface area contributed by atoms with E-state index in [4.69, 9.17) is 9.47 Å². The summed E-state index contributed by atoms with van der Waals surface area (Å²) < 4.78 is 49.1. The van der Waals surface area contributed by atoms with Crippen molar-refractivity contribution in [3.8, 4) is 0 Å². The lowest BCUT2D eigenvalue weighted by molar-refractivity contribution is -0.137. The van der Waals surface area contributed by atoms with Crippen molar-refractivity contribution in [2.45, 2.75) is 45.2 Å². The number of halogens is 3. The third-order valence-corrected chi connectivity index (χ3v) is 3.51. The van der Waals surface area contributed by atoms with E-state index in [9.17, 15) is 18.0 Å². The number of nitrogens with zero attached hydrogens (tertiary/aromatic N) is 1. The molecule has 0 radical (unpaired) electrons. The quantitative estimate of drug-likeness (QED) is 0.776. The maximum Gasteiger partial charge on any atom is 0.416 e. The standard InChI is InChI=1S/C16H20F3NO3/c1-15(2,3)23-14(21)20(4)13-9-22-8-10-7-11(16(17,18)19)5-6-12(10)13/h5-7,13H,8-9H2,1-4H3/t13-/m1/s1. The summed E-state index contributed by atoms with van der Waals surface area (Å²) in [5, 5.41) is 0. The summed E-state index contributed by atoms with van der Waals surface area (Å²) in [6, 6.07) is 3.03. The molecule has 7 heteroatoms. The van der Waals surface area contributed by atoms with E-state index in [1.54, 1.807) is 27.8 Å². The zero-order valence-corrected chi connectivity index (χ0v) is 13.5. The summed E-state index contributed by atoms with van der Waals surface area (Å²) in [5.74, 6) is 0. The van der Waals surface area contributed by atoms with Gasteiger partial charge in [0.15, 0.2) is 0 Å². The molecule has 0 saturated carbocycles. The normalized spacial score (nSPS) is 18.3. The van der Waals surface area contributed by atoms with E-state index < -0.39 is 29.5 Å². The molecule has 1 aliphatic rings. The molecule has 0 fully saturated rings. The van der Waals surface area contributed by atoms with Crippen LogP contribution in [-0.2, 0) is 22.3 Å². The summed E-state index contributed by atoms with van der Waals surface area (Å²) >= 11 is 0. The van der Waals surface area contributed by atoms with Gasteiger partial charge in [0.25, 0.3) is 0 Å². The highest BCUT2D eigenvalue weighted by Crippen LogP contribution is 2.35. The number of ether oxygens (including phenoxy) is 2. The van der Waals surface area contributed by atoms with Gasteiger partial charge in [0.2, 0.25) is 0 Å². The maximum absolute atomic E-state index is 12.8. The molecule has 0 N–H and O–H groups in total. The first-order chi connectivity index (χ1) is 10.5. The largest absolute Gasteiger partial charge is 0.444 e. The van der Waals surface area contributed by atoms with Gasteiger partial charge in [-0.25, -0.2) is 4.79 Å². The molecule has 0 spiro atoms. The SMILES string of the molecule is CN(C(=O)OC(C)(C)C)[C@@H]1COCc2cc(C(F)(F)F)ccc21. The van der Waals surface area contributed by atoms with Crippen LogP contribution in [0.1, 0.15) is 43.5 Å². The predicted molar refractivity (Wildman–Crippen MR) is 77.8 cm³/mol. The molecule has 23 heavy (non-hydrogen) atoms. The lowest BCUT2D eigenvalue weighted by Gasteiger charge is -2.34. The third-order valence-electron chi connectivity index (χ3n) is 3.51. The van der Waals surface area contributed by atoms with Gasteiger partial charge >= 0.3 is 12.3 Å². The van der Waals surface area contributed by atoms with Crippen LogP contribution in [0.4, 0.5) is 18.0 Å². The highest BCUT2D eigenvalue weighted by molar-refractivity contribution is 5.68. The summed E-state index contributed by atoms with van der Waals surface area (Å²) in [5.41, 5.74) is -0.284. The fourth-order valence-electron chi connectivity index (χ4n) is 2.38. The predicted octanol–water partition coefficient (Wildman–Crippen LogP) is 4.14. The smallest absolute Gasteiger partial charge is 0.416 e.